The molecule has 19 heavy (non-hydrogen) atoms. The van der Waals surface area contributed by atoms with E-state index < -0.39 is 23.4 Å². The largest absolute Gasteiger partial charge is 0.419 e. The van der Waals surface area contributed by atoms with Crippen molar-refractivity contribution in [2.75, 3.05) is 20.2 Å². The molecule has 2 rings (SSSR count). The van der Waals surface area contributed by atoms with E-state index in [1.807, 2.05) is 0 Å². The fourth-order valence-corrected chi connectivity index (χ4v) is 2.12. The molecular formula is C12H12F5NO. The smallest absolute Gasteiger partial charge is 0.366 e. The second-order valence-corrected chi connectivity index (χ2v) is 4.58. The molecule has 0 amide bonds. The molecule has 0 bridgehead atoms. The molecular weight excluding hydrogens is 269 g/mol. The maximum atomic E-state index is 13.4. The Morgan fingerprint density at radius 2 is 1.89 bits per heavy atom. The summed E-state index contributed by atoms with van der Waals surface area (Å²) in [6.45, 7) is -0.851. The fourth-order valence-electron chi connectivity index (χ4n) is 2.12. The number of rotatable bonds is 3. The third-order valence-electron chi connectivity index (χ3n) is 3.27. The van der Waals surface area contributed by atoms with Gasteiger partial charge < -0.3 is 4.74 Å². The molecule has 0 saturated carbocycles. The van der Waals surface area contributed by atoms with E-state index in [9.17, 15) is 22.0 Å². The van der Waals surface area contributed by atoms with Gasteiger partial charge in [-0.15, -0.1) is 0 Å². The predicted molar refractivity (Wildman–Crippen MR) is 57.4 cm³/mol. The highest BCUT2D eigenvalue weighted by Gasteiger charge is 2.62. The molecule has 0 radical (unpaired) electrons. The Kier molecular flexibility index (Phi) is 3.53. The van der Waals surface area contributed by atoms with Crippen LogP contribution in [-0.2, 0) is 11.3 Å². The van der Waals surface area contributed by atoms with E-state index in [4.69, 9.17) is 0 Å². The Labute approximate surface area is 106 Å². The summed E-state index contributed by atoms with van der Waals surface area (Å²) in [6, 6.07) is 2.90. The summed E-state index contributed by atoms with van der Waals surface area (Å²) in [4.78, 5) is 1.36. The van der Waals surface area contributed by atoms with E-state index >= 15 is 0 Å². The van der Waals surface area contributed by atoms with Crippen molar-refractivity contribution < 1.29 is 26.7 Å². The van der Waals surface area contributed by atoms with Gasteiger partial charge in [0.2, 0.25) is 0 Å². The van der Waals surface area contributed by atoms with Crippen LogP contribution in [-0.4, -0.2) is 36.9 Å². The minimum absolute atomic E-state index is 0.0341. The SMILES string of the molecule is COC1(C(F)(F)F)CN(Cc2cc(F)ccc2F)C1. The van der Waals surface area contributed by atoms with Crippen LogP contribution in [0.25, 0.3) is 0 Å². The zero-order valence-corrected chi connectivity index (χ0v) is 10.1. The number of halogens is 5. The van der Waals surface area contributed by atoms with Crippen molar-refractivity contribution in [2.45, 2.75) is 18.3 Å². The number of alkyl halides is 3. The lowest BCUT2D eigenvalue weighted by molar-refractivity contribution is -0.312. The predicted octanol–water partition coefficient (Wildman–Crippen LogP) is 2.73. The zero-order valence-electron chi connectivity index (χ0n) is 10.1. The highest BCUT2D eigenvalue weighted by atomic mass is 19.4. The lowest BCUT2D eigenvalue weighted by atomic mass is 9.92. The van der Waals surface area contributed by atoms with Gasteiger partial charge in [-0.05, 0) is 18.2 Å². The van der Waals surface area contributed by atoms with E-state index in [1.165, 1.54) is 4.90 Å². The molecule has 0 spiro atoms. The zero-order chi connectivity index (χ0) is 14.3. The topological polar surface area (TPSA) is 12.5 Å². The van der Waals surface area contributed by atoms with Gasteiger partial charge >= 0.3 is 6.18 Å². The Hall–Kier alpha value is -1.21. The molecule has 1 fully saturated rings. The number of likely N-dealkylation sites (tertiary alicyclic amines) is 1. The molecule has 0 aromatic heterocycles. The number of hydrogen-bond acceptors (Lipinski definition) is 2. The van der Waals surface area contributed by atoms with Crippen molar-refractivity contribution >= 4 is 0 Å². The minimum Gasteiger partial charge on any atom is -0.366 e. The molecule has 1 aromatic rings. The first-order valence-electron chi connectivity index (χ1n) is 5.55. The van der Waals surface area contributed by atoms with Crippen LogP contribution < -0.4 is 0 Å². The number of methoxy groups -OCH3 is 1. The molecule has 0 atom stereocenters. The highest BCUT2D eigenvalue weighted by molar-refractivity contribution is 5.19. The first-order valence-corrected chi connectivity index (χ1v) is 5.55. The number of ether oxygens (including phenoxy) is 1. The van der Waals surface area contributed by atoms with Crippen molar-refractivity contribution in [3.05, 3.63) is 35.4 Å². The molecule has 1 heterocycles. The van der Waals surface area contributed by atoms with Gasteiger partial charge in [0.25, 0.3) is 0 Å². The van der Waals surface area contributed by atoms with E-state index in [-0.39, 0.29) is 25.2 Å². The first-order chi connectivity index (χ1) is 8.77. The molecule has 0 N–H and O–H groups in total. The number of hydrogen-bond donors (Lipinski definition) is 0. The quantitative estimate of drug-likeness (QED) is 0.790. The lowest BCUT2D eigenvalue weighted by Gasteiger charge is -2.49. The van der Waals surface area contributed by atoms with Crippen molar-refractivity contribution in [3.63, 3.8) is 0 Å². The van der Waals surface area contributed by atoms with Gasteiger partial charge in [0.15, 0.2) is 5.60 Å². The average Bonchev–Trinajstić information content (AvgIpc) is 2.25. The van der Waals surface area contributed by atoms with Crippen molar-refractivity contribution in [1.29, 1.82) is 0 Å². The fraction of sp³-hybridized carbons (Fsp3) is 0.500. The average molecular weight is 281 g/mol. The van der Waals surface area contributed by atoms with Gasteiger partial charge in [-0.1, -0.05) is 0 Å². The number of benzene rings is 1. The summed E-state index contributed by atoms with van der Waals surface area (Å²) in [6.07, 6.45) is -4.47. The Morgan fingerprint density at radius 3 is 2.42 bits per heavy atom. The van der Waals surface area contributed by atoms with Gasteiger partial charge in [0, 0.05) is 32.3 Å². The monoisotopic (exact) mass is 281 g/mol. The molecule has 0 unspecified atom stereocenters. The maximum Gasteiger partial charge on any atom is 0.419 e. The standard InChI is InChI=1S/C12H12F5NO/c1-19-11(12(15,16)17)6-18(7-11)5-8-4-9(13)2-3-10(8)14/h2-4H,5-7H2,1H3. The van der Waals surface area contributed by atoms with E-state index in [0.29, 0.717) is 0 Å². The Balaban J connectivity index is 2.03. The van der Waals surface area contributed by atoms with Crippen LogP contribution in [0.15, 0.2) is 18.2 Å². The molecule has 1 aromatic carbocycles. The summed E-state index contributed by atoms with van der Waals surface area (Å²) in [5.41, 5.74) is -2.16. The third-order valence-corrected chi connectivity index (χ3v) is 3.27. The summed E-state index contributed by atoms with van der Waals surface area (Å²) in [5.74, 6) is -1.26. The van der Waals surface area contributed by atoms with Crippen LogP contribution in [0.1, 0.15) is 5.56 Å². The van der Waals surface area contributed by atoms with E-state index in [2.05, 4.69) is 4.74 Å². The third kappa shape index (κ3) is 2.57. The second-order valence-electron chi connectivity index (χ2n) is 4.58. The van der Waals surface area contributed by atoms with E-state index in [1.54, 1.807) is 0 Å². The molecule has 1 saturated heterocycles. The van der Waals surface area contributed by atoms with Crippen LogP contribution >= 0.6 is 0 Å². The van der Waals surface area contributed by atoms with Crippen LogP contribution in [0.4, 0.5) is 22.0 Å². The molecule has 2 nitrogen and oxygen atoms in total. The summed E-state index contributed by atoms with van der Waals surface area (Å²) in [7, 11) is 0.994. The van der Waals surface area contributed by atoms with Gasteiger partial charge in [-0.2, -0.15) is 13.2 Å². The van der Waals surface area contributed by atoms with Crippen LogP contribution in [0.3, 0.4) is 0 Å². The van der Waals surface area contributed by atoms with Gasteiger partial charge in [-0.3, -0.25) is 4.90 Å². The van der Waals surface area contributed by atoms with Gasteiger partial charge in [-0.25, -0.2) is 8.78 Å². The highest BCUT2D eigenvalue weighted by Crippen LogP contribution is 2.41. The molecule has 7 heteroatoms. The Morgan fingerprint density at radius 1 is 1.26 bits per heavy atom. The number of nitrogens with zero attached hydrogens (tertiary/aromatic N) is 1. The van der Waals surface area contributed by atoms with Crippen molar-refractivity contribution in [2.24, 2.45) is 0 Å². The second kappa shape index (κ2) is 4.72. The normalized spacial score (nSPS) is 19.3. The molecule has 106 valence electrons. The molecule has 1 aliphatic heterocycles. The van der Waals surface area contributed by atoms with Crippen LogP contribution in [0.2, 0.25) is 0 Å². The van der Waals surface area contributed by atoms with E-state index in [0.717, 1.165) is 25.3 Å². The van der Waals surface area contributed by atoms with Gasteiger partial charge in [0.1, 0.15) is 11.6 Å². The van der Waals surface area contributed by atoms with Crippen molar-refractivity contribution in [3.8, 4) is 0 Å². The lowest BCUT2D eigenvalue weighted by Crippen LogP contribution is -2.69. The Bertz CT molecular complexity index is 468. The first kappa shape index (κ1) is 14.2. The van der Waals surface area contributed by atoms with Crippen molar-refractivity contribution in [1.82, 2.24) is 4.90 Å². The van der Waals surface area contributed by atoms with Gasteiger partial charge in [0.05, 0.1) is 0 Å². The molecule has 1 aliphatic rings. The summed E-state index contributed by atoms with van der Waals surface area (Å²) in [5, 5.41) is 0. The minimum atomic E-state index is -4.47. The summed E-state index contributed by atoms with van der Waals surface area (Å²) < 4.78 is 69.0. The summed E-state index contributed by atoms with van der Waals surface area (Å²) >= 11 is 0. The van der Waals surface area contributed by atoms with Crippen LogP contribution in [0.5, 0.6) is 0 Å². The van der Waals surface area contributed by atoms with Crippen LogP contribution in [0, 0.1) is 11.6 Å². The maximum absolute atomic E-state index is 13.4. The molecule has 0 aliphatic carbocycles.